The number of rotatable bonds is 5. The number of nitrogens with zero attached hydrogens (tertiary/aromatic N) is 9. The number of fused-ring (bicyclic) bond motifs is 1. The number of piperazine rings is 1. The lowest BCUT2D eigenvalue weighted by Crippen LogP contribution is -2.52. The van der Waals surface area contributed by atoms with Crippen LogP contribution in [-0.4, -0.2) is 99.1 Å². The Kier molecular flexibility index (Phi) is 6.49. The standard InChI is InChI=1S/C27H29N9O2/c1-32-17-23(16-30-32)21-12-24(27-22(13-28)15-31-36(27)18-21)20-2-3-25(29-14-20)34-4-6-35(7-5-34)26(37)19-33-8-10-38-11-9-33/h2-3,12,14-18H,4-11,19H2,1H3. The van der Waals surface area contributed by atoms with Gasteiger partial charge in [0.05, 0.1) is 43.2 Å². The van der Waals surface area contributed by atoms with E-state index in [-0.39, 0.29) is 5.91 Å². The lowest BCUT2D eigenvalue weighted by molar-refractivity contribution is -0.133. The average Bonchev–Trinajstić information content (AvgIpc) is 3.59. The molecule has 38 heavy (non-hydrogen) atoms. The third kappa shape index (κ3) is 4.71. The van der Waals surface area contributed by atoms with Crippen LogP contribution >= 0.6 is 0 Å². The fourth-order valence-corrected chi connectivity index (χ4v) is 5.12. The lowest BCUT2D eigenvalue weighted by Gasteiger charge is -2.36. The van der Waals surface area contributed by atoms with Crippen molar-refractivity contribution in [2.45, 2.75) is 0 Å². The molecule has 11 nitrogen and oxygen atoms in total. The van der Waals surface area contributed by atoms with Gasteiger partial charge in [-0.15, -0.1) is 0 Å². The van der Waals surface area contributed by atoms with E-state index >= 15 is 0 Å². The SMILES string of the molecule is Cn1cc(-c2cc(-c3ccc(N4CCN(C(=O)CN5CCOCC5)CC4)nc3)c3c(C#N)cnn3c2)cn1. The summed E-state index contributed by atoms with van der Waals surface area (Å²) < 4.78 is 8.89. The molecule has 0 spiro atoms. The first kappa shape index (κ1) is 24.1. The number of amides is 1. The van der Waals surface area contributed by atoms with Crippen molar-refractivity contribution in [2.24, 2.45) is 7.05 Å². The van der Waals surface area contributed by atoms with Crippen molar-refractivity contribution >= 4 is 17.2 Å². The number of carbonyl (C=O) groups is 1. The maximum atomic E-state index is 12.8. The number of anilines is 1. The van der Waals surface area contributed by atoms with E-state index in [2.05, 4.69) is 32.1 Å². The summed E-state index contributed by atoms with van der Waals surface area (Å²) in [7, 11) is 1.88. The molecule has 11 heteroatoms. The van der Waals surface area contributed by atoms with E-state index in [1.807, 2.05) is 48.9 Å². The molecule has 2 aliphatic heterocycles. The van der Waals surface area contributed by atoms with Crippen molar-refractivity contribution in [2.75, 3.05) is 63.9 Å². The van der Waals surface area contributed by atoms with E-state index in [0.29, 0.717) is 38.4 Å². The minimum atomic E-state index is 0.182. The lowest BCUT2D eigenvalue weighted by atomic mass is 10.0. The van der Waals surface area contributed by atoms with Crippen LogP contribution < -0.4 is 4.90 Å². The molecular formula is C27H29N9O2. The molecule has 0 aliphatic carbocycles. The van der Waals surface area contributed by atoms with Crippen LogP contribution in [0.2, 0.25) is 0 Å². The molecule has 0 aromatic carbocycles. The van der Waals surface area contributed by atoms with Crippen molar-refractivity contribution < 1.29 is 9.53 Å². The topological polar surface area (TPSA) is 108 Å². The second kappa shape index (κ2) is 10.2. The highest BCUT2D eigenvalue weighted by Crippen LogP contribution is 2.32. The zero-order valence-electron chi connectivity index (χ0n) is 21.3. The number of carbonyl (C=O) groups excluding carboxylic acids is 1. The Bertz CT molecular complexity index is 1490. The summed E-state index contributed by atoms with van der Waals surface area (Å²) >= 11 is 0. The van der Waals surface area contributed by atoms with Crippen LogP contribution in [0.25, 0.3) is 27.8 Å². The van der Waals surface area contributed by atoms with Crippen LogP contribution in [0.1, 0.15) is 5.56 Å². The summed E-state index contributed by atoms with van der Waals surface area (Å²) in [6.07, 6.45) is 9.12. The average molecular weight is 512 g/mol. The Morgan fingerprint density at radius 2 is 1.79 bits per heavy atom. The van der Waals surface area contributed by atoms with Gasteiger partial charge in [-0.1, -0.05) is 0 Å². The van der Waals surface area contributed by atoms with Gasteiger partial charge in [-0.05, 0) is 18.2 Å². The van der Waals surface area contributed by atoms with Crippen LogP contribution in [0.5, 0.6) is 0 Å². The van der Waals surface area contributed by atoms with Gasteiger partial charge < -0.3 is 14.5 Å². The van der Waals surface area contributed by atoms with E-state index in [4.69, 9.17) is 9.72 Å². The van der Waals surface area contributed by atoms with Crippen LogP contribution in [0.3, 0.4) is 0 Å². The molecule has 0 unspecified atom stereocenters. The zero-order chi connectivity index (χ0) is 26.1. The zero-order valence-corrected chi connectivity index (χ0v) is 21.3. The first-order chi connectivity index (χ1) is 18.6. The summed E-state index contributed by atoms with van der Waals surface area (Å²) in [5.41, 5.74) is 4.98. The van der Waals surface area contributed by atoms with Gasteiger partial charge in [0, 0.05) is 87.2 Å². The third-order valence-corrected chi connectivity index (χ3v) is 7.25. The van der Waals surface area contributed by atoms with E-state index in [0.717, 1.165) is 59.8 Å². The van der Waals surface area contributed by atoms with Crippen molar-refractivity contribution in [3.05, 3.63) is 54.7 Å². The van der Waals surface area contributed by atoms with Crippen LogP contribution in [0, 0.1) is 11.3 Å². The molecule has 6 heterocycles. The smallest absolute Gasteiger partial charge is 0.236 e. The number of aryl methyl sites for hydroxylation is 1. The molecule has 4 aromatic heterocycles. The molecule has 0 saturated carbocycles. The number of hydrogen-bond acceptors (Lipinski definition) is 8. The summed E-state index contributed by atoms with van der Waals surface area (Å²) in [5.74, 6) is 1.06. The fraction of sp³-hybridized carbons (Fsp3) is 0.370. The predicted molar refractivity (Wildman–Crippen MR) is 141 cm³/mol. The van der Waals surface area contributed by atoms with Gasteiger partial charge in [0.25, 0.3) is 0 Å². The quantitative estimate of drug-likeness (QED) is 0.398. The van der Waals surface area contributed by atoms with E-state index in [1.54, 1.807) is 15.4 Å². The number of hydrogen-bond donors (Lipinski definition) is 0. The van der Waals surface area contributed by atoms with Gasteiger partial charge in [0.15, 0.2) is 0 Å². The molecule has 2 fully saturated rings. The Hall–Kier alpha value is -4.27. The Morgan fingerprint density at radius 3 is 2.47 bits per heavy atom. The maximum Gasteiger partial charge on any atom is 0.236 e. The molecule has 6 rings (SSSR count). The normalized spacial score (nSPS) is 16.6. The van der Waals surface area contributed by atoms with Crippen LogP contribution in [0.4, 0.5) is 5.82 Å². The third-order valence-electron chi connectivity index (χ3n) is 7.25. The van der Waals surface area contributed by atoms with Crippen molar-refractivity contribution in [3.8, 4) is 28.3 Å². The van der Waals surface area contributed by atoms with Gasteiger partial charge in [-0.2, -0.15) is 15.5 Å². The number of morpholine rings is 1. The number of aromatic nitrogens is 5. The highest BCUT2D eigenvalue weighted by Gasteiger charge is 2.24. The molecule has 0 atom stereocenters. The van der Waals surface area contributed by atoms with E-state index < -0.39 is 0 Å². The summed E-state index contributed by atoms with van der Waals surface area (Å²) in [5, 5.41) is 18.4. The highest BCUT2D eigenvalue weighted by atomic mass is 16.5. The monoisotopic (exact) mass is 511 g/mol. The second-order valence-electron chi connectivity index (χ2n) is 9.67. The van der Waals surface area contributed by atoms with Gasteiger partial charge >= 0.3 is 0 Å². The molecule has 2 aliphatic rings. The van der Waals surface area contributed by atoms with Crippen molar-refractivity contribution in [1.29, 1.82) is 5.26 Å². The van der Waals surface area contributed by atoms with Crippen molar-refractivity contribution in [3.63, 3.8) is 0 Å². The Balaban J connectivity index is 1.19. The minimum absolute atomic E-state index is 0.182. The highest BCUT2D eigenvalue weighted by molar-refractivity contribution is 5.87. The van der Waals surface area contributed by atoms with Gasteiger partial charge in [-0.25, -0.2) is 9.50 Å². The Labute approximate surface area is 220 Å². The molecule has 194 valence electrons. The van der Waals surface area contributed by atoms with Gasteiger partial charge in [-0.3, -0.25) is 14.4 Å². The molecule has 1 amide bonds. The van der Waals surface area contributed by atoms with Crippen LogP contribution in [0.15, 0.2) is 49.2 Å². The number of pyridine rings is 2. The van der Waals surface area contributed by atoms with Crippen LogP contribution in [-0.2, 0) is 16.6 Å². The van der Waals surface area contributed by atoms with E-state index in [1.165, 1.54) is 0 Å². The summed E-state index contributed by atoms with van der Waals surface area (Å²) in [6, 6.07) is 8.36. The predicted octanol–water partition coefficient (Wildman–Crippen LogP) is 1.65. The minimum Gasteiger partial charge on any atom is -0.379 e. The molecular weight excluding hydrogens is 482 g/mol. The summed E-state index contributed by atoms with van der Waals surface area (Å²) in [6.45, 7) is 6.32. The molecule has 0 bridgehead atoms. The maximum absolute atomic E-state index is 12.8. The molecule has 4 aromatic rings. The fourth-order valence-electron chi connectivity index (χ4n) is 5.12. The van der Waals surface area contributed by atoms with E-state index in [9.17, 15) is 10.1 Å². The molecule has 0 N–H and O–H groups in total. The first-order valence-corrected chi connectivity index (χ1v) is 12.8. The first-order valence-electron chi connectivity index (χ1n) is 12.8. The summed E-state index contributed by atoms with van der Waals surface area (Å²) in [4.78, 5) is 23.8. The largest absolute Gasteiger partial charge is 0.379 e. The number of nitriles is 1. The molecule has 0 radical (unpaired) electrons. The second-order valence-corrected chi connectivity index (χ2v) is 9.67. The molecule has 2 saturated heterocycles. The van der Waals surface area contributed by atoms with Gasteiger partial charge in [0.2, 0.25) is 5.91 Å². The van der Waals surface area contributed by atoms with Crippen molar-refractivity contribution in [1.82, 2.24) is 34.2 Å². The number of ether oxygens (including phenoxy) is 1. The Morgan fingerprint density at radius 1 is 0.974 bits per heavy atom. The van der Waals surface area contributed by atoms with Gasteiger partial charge in [0.1, 0.15) is 11.9 Å².